The van der Waals surface area contributed by atoms with Crippen molar-refractivity contribution in [2.45, 2.75) is 40.5 Å². The van der Waals surface area contributed by atoms with E-state index < -0.39 is 0 Å². The van der Waals surface area contributed by atoms with Gasteiger partial charge in [0, 0.05) is 24.5 Å². The first-order chi connectivity index (χ1) is 13.1. The number of nitrogens with zero attached hydrogens (tertiary/aromatic N) is 7. The molecule has 0 amide bonds. The Bertz CT molecular complexity index is 883. The maximum Gasteiger partial charge on any atom is 0.273 e. The summed E-state index contributed by atoms with van der Waals surface area (Å²) in [6, 6.07) is 10.5. The van der Waals surface area contributed by atoms with Crippen LogP contribution in [0, 0.1) is 13.8 Å². The molecule has 0 unspecified atom stereocenters. The molecule has 0 spiro atoms. The number of aromatic nitrogens is 5. The molecule has 7 nitrogen and oxygen atoms in total. The van der Waals surface area contributed by atoms with Gasteiger partial charge in [-0.1, -0.05) is 26.0 Å². The first kappa shape index (κ1) is 18.8. The molecular weight excluding hydrogens is 338 g/mol. The van der Waals surface area contributed by atoms with Gasteiger partial charge in [-0.25, -0.2) is 4.68 Å². The van der Waals surface area contributed by atoms with E-state index in [1.54, 1.807) is 15.7 Å². The molecule has 0 aliphatic rings. The molecule has 7 heteroatoms. The summed E-state index contributed by atoms with van der Waals surface area (Å²) < 4.78 is 3.38. The van der Waals surface area contributed by atoms with Gasteiger partial charge in [0.1, 0.15) is 6.33 Å². The van der Waals surface area contributed by atoms with Crippen molar-refractivity contribution in [3.05, 3.63) is 53.6 Å². The Hall–Kier alpha value is -2.96. The number of anilines is 1. The number of hydrogen-bond donors (Lipinski definition) is 0. The summed E-state index contributed by atoms with van der Waals surface area (Å²) in [6.07, 6.45) is 5.69. The summed E-state index contributed by atoms with van der Waals surface area (Å²) in [5.74, 6) is 0.575. The first-order valence-electron chi connectivity index (χ1n) is 9.45. The summed E-state index contributed by atoms with van der Waals surface area (Å²) in [5, 5.41) is 17.1. The Balaban J connectivity index is 1.77. The molecule has 0 saturated heterocycles. The van der Waals surface area contributed by atoms with Crippen molar-refractivity contribution in [1.82, 2.24) is 24.7 Å². The minimum atomic E-state index is 0.575. The molecule has 2 aromatic heterocycles. The van der Waals surface area contributed by atoms with Crippen molar-refractivity contribution in [2.24, 2.45) is 5.10 Å². The van der Waals surface area contributed by atoms with E-state index in [-0.39, 0.29) is 0 Å². The topological polar surface area (TPSA) is 64.1 Å². The van der Waals surface area contributed by atoms with Crippen LogP contribution < -0.4 is 4.90 Å². The van der Waals surface area contributed by atoms with E-state index in [2.05, 4.69) is 63.4 Å². The Labute approximate surface area is 160 Å². The standard InChI is InChI=1S/C20H27N7/c1-5-11-25(12-6-2)19-9-7-18(8-10-19)14-22-26-15-21-23-20(26)27-17(4)13-16(3)24-27/h7-10,13-15H,5-6,11-12H2,1-4H3/b22-14-. The minimum Gasteiger partial charge on any atom is -0.372 e. The molecule has 0 radical (unpaired) electrons. The van der Waals surface area contributed by atoms with Crippen molar-refractivity contribution in [3.8, 4) is 5.95 Å². The number of benzene rings is 1. The molecule has 0 atom stereocenters. The molecule has 3 aromatic rings. The van der Waals surface area contributed by atoms with E-state index in [1.165, 1.54) is 5.69 Å². The fourth-order valence-electron chi connectivity index (χ4n) is 3.09. The number of aryl methyl sites for hydroxylation is 2. The van der Waals surface area contributed by atoms with E-state index >= 15 is 0 Å². The largest absolute Gasteiger partial charge is 0.372 e. The molecule has 1 aromatic carbocycles. The molecule has 0 bridgehead atoms. The average Bonchev–Trinajstić information content (AvgIpc) is 3.25. The van der Waals surface area contributed by atoms with Crippen LogP contribution in [0.1, 0.15) is 43.6 Å². The fraction of sp³-hybridized carbons (Fsp3) is 0.400. The summed E-state index contributed by atoms with van der Waals surface area (Å²) in [6.45, 7) is 10.5. The molecule has 0 aliphatic carbocycles. The van der Waals surface area contributed by atoms with Gasteiger partial charge >= 0.3 is 0 Å². The highest BCUT2D eigenvalue weighted by molar-refractivity contribution is 5.80. The van der Waals surface area contributed by atoms with Gasteiger partial charge in [0.15, 0.2) is 0 Å². The average molecular weight is 365 g/mol. The van der Waals surface area contributed by atoms with Crippen molar-refractivity contribution in [1.29, 1.82) is 0 Å². The maximum absolute atomic E-state index is 4.50. The summed E-state index contributed by atoms with van der Waals surface area (Å²) in [5.41, 5.74) is 4.21. The second-order valence-corrected chi connectivity index (χ2v) is 6.64. The van der Waals surface area contributed by atoms with Crippen LogP contribution in [0.3, 0.4) is 0 Å². The predicted molar refractivity (Wildman–Crippen MR) is 109 cm³/mol. The third-order valence-corrected chi connectivity index (χ3v) is 4.29. The van der Waals surface area contributed by atoms with Gasteiger partial charge in [-0.15, -0.1) is 10.2 Å². The SMILES string of the molecule is CCCN(CCC)c1ccc(/C=N\n2cnnc2-n2nc(C)cc2C)cc1. The van der Waals surface area contributed by atoms with Crippen LogP contribution >= 0.6 is 0 Å². The van der Waals surface area contributed by atoms with Crippen LogP contribution in [-0.4, -0.2) is 44.0 Å². The summed E-state index contributed by atoms with van der Waals surface area (Å²) in [7, 11) is 0. The molecule has 0 saturated carbocycles. The van der Waals surface area contributed by atoms with Crippen molar-refractivity contribution in [2.75, 3.05) is 18.0 Å². The normalized spacial score (nSPS) is 11.4. The lowest BCUT2D eigenvalue weighted by molar-refractivity contribution is 0.717. The predicted octanol–water partition coefficient (Wildman–Crippen LogP) is 3.59. The van der Waals surface area contributed by atoms with Gasteiger partial charge in [0.05, 0.1) is 11.9 Å². The Morgan fingerprint density at radius 1 is 1.07 bits per heavy atom. The minimum absolute atomic E-state index is 0.575. The van der Waals surface area contributed by atoms with Crippen LogP contribution in [0.15, 0.2) is 41.8 Å². The third kappa shape index (κ3) is 4.42. The van der Waals surface area contributed by atoms with Crippen molar-refractivity contribution in [3.63, 3.8) is 0 Å². The van der Waals surface area contributed by atoms with E-state index in [4.69, 9.17) is 0 Å². The lowest BCUT2D eigenvalue weighted by atomic mass is 10.2. The summed E-state index contributed by atoms with van der Waals surface area (Å²) >= 11 is 0. The van der Waals surface area contributed by atoms with Gasteiger partial charge < -0.3 is 4.90 Å². The van der Waals surface area contributed by atoms with Gasteiger partial charge in [-0.2, -0.15) is 14.9 Å². The zero-order chi connectivity index (χ0) is 19.2. The molecule has 27 heavy (non-hydrogen) atoms. The summed E-state index contributed by atoms with van der Waals surface area (Å²) in [4.78, 5) is 2.42. The van der Waals surface area contributed by atoms with E-state index in [1.807, 2.05) is 26.1 Å². The Kier molecular flexibility index (Phi) is 6.01. The third-order valence-electron chi connectivity index (χ3n) is 4.29. The van der Waals surface area contributed by atoms with Crippen LogP contribution in [-0.2, 0) is 0 Å². The van der Waals surface area contributed by atoms with Crippen LogP contribution in [0.25, 0.3) is 5.95 Å². The van der Waals surface area contributed by atoms with Gasteiger partial charge in [0.2, 0.25) is 0 Å². The quantitative estimate of drug-likeness (QED) is 0.572. The monoisotopic (exact) mass is 365 g/mol. The Morgan fingerprint density at radius 2 is 1.78 bits per heavy atom. The van der Waals surface area contributed by atoms with Crippen LogP contribution in [0.2, 0.25) is 0 Å². The molecule has 0 aliphatic heterocycles. The van der Waals surface area contributed by atoms with E-state index in [0.29, 0.717) is 5.95 Å². The van der Waals surface area contributed by atoms with Gasteiger partial charge in [0.25, 0.3) is 5.95 Å². The van der Waals surface area contributed by atoms with Crippen molar-refractivity contribution >= 4 is 11.9 Å². The smallest absolute Gasteiger partial charge is 0.273 e. The van der Waals surface area contributed by atoms with Crippen molar-refractivity contribution < 1.29 is 0 Å². The molecule has 0 fully saturated rings. The second kappa shape index (κ2) is 8.62. The molecule has 3 rings (SSSR count). The molecular formula is C20H27N7. The lowest BCUT2D eigenvalue weighted by Gasteiger charge is -2.23. The zero-order valence-electron chi connectivity index (χ0n) is 16.5. The molecule has 2 heterocycles. The zero-order valence-corrected chi connectivity index (χ0v) is 16.5. The highest BCUT2D eigenvalue weighted by atomic mass is 15.5. The Morgan fingerprint density at radius 3 is 2.37 bits per heavy atom. The second-order valence-electron chi connectivity index (χ2n) is 6.64. The highest BCUT2D eigenvalue weighted by Gasteiger charge is 2.10. The number of hydrogen-bond acceptors (Lipinski definition) is 5. The maximum atomic E-state index is 4.50. The lowest BCUT2D eigenvalue weighted by Crippen LogP contribution is -2.24. The van der Waals surface area contributed by atoms with Crippen LogP contribution in [0.5, 0.6) is 0 Å². The molecule has 0 N–H and O–H groups in total. The first-order valence-corrected chi connectivity index (χ1v) is 9.45. The van der Waals surface area contributed by atoms with E-state index in [9.17, 15) is 0 Å². The number of rotatable bonds is 8. The highest BCUT2D eigenvalue weighted by Crippen LogP contribution is 2.16. The van der Waals surface area contributed by atoms with E-state index in [0.717, 1.165) is 42.9 Å². The van der Waals surface area contributed by atoms with Gasteiger partial charge in [-0.3, -0.25) is 0 Å². The van der Waals surface area contributed by atoms with Crippen LogP contribution in [0.4, 0.5) is 5.69 Å². The molecule has 142 valence electrons. The van der Waals surface area contributed by atoms with Gasteiger partial charge in [-0.05, 0) is 50.5 Å². The fourth-order valence-corrected chi connectivity index (χ4v) is 3.09.